The lowest BCUT2D eigenvalue weighted by molar-refractivity contribution is 0.0950. The number of hydrazine groups is 1. The summed E-state index contributed by atoms with van der Waals surface area (Å²) in [6.07, 6.45) is 0. The van der Waals surface area contributed by atoms with Gasteiger partial charge in [0.1, 0.15) is 4.88 Å². The molecule has 3 aromatic rings. The third-order valence-corrected chi connectivity index (χ3v) is 6.77. The number of sulfonamides is 1. The number of amides is 1. The maximum absolute atomic E-state index is 12.6. The quantitative estimate of drug-likeness (QED) is 0.548. The topological polar surface area (TPSA) is 75.3 Å². The first-order valence-corrected chi connectivity index (χ1v) is 11.2. The Bertz CT molecular complexity index is 1090. The predicted molar refractivity (Wildman–Crippen MR) is 111 cm³/mol. The number of halogens is 1. The summed E-state index contributed by atoms with van der Waals surface area (Å²) in [5.41, 5.74) is 5.67. The molecule has 0 aliphatic heterocycles. The second kappa shape index (κ2) is 7.93. The lowest BCUT2D eigenvalue weighted by Crippen LogP contribution is -2.41. The molecule has 0 atom stereocenters. The minimum absolute atomic E-state index is 0.0992. The van der Waals surface area contributed by atoms with Crippen LogP contribution < -0.4 is 10.3 Å². The molecule has 0 aliphatic rings. The zero-order chi connectivity index (χ0) is 19.6. The Hall–Kier alpha value is -2.00. The number of benzene rings is 2. The minimum Gasteiger partial charge on any atom is -0.273 e. The number of rotatable bonds is 5. The lowest BCUT2D eigenvalue weighted by atomic mass is 10.1. The molecular formula is C19H17BrN2O3S2. The van der Waals surface area contributed by atoms with Crippen LogP contribution in [-0.4, -0.2) is 14.3 Å². The molecule has 0 aliphatic carbocycles. The van der Waals surface area contributed by atoms with Crippen molar-refractivity contribution in [2.24, 2.45) is 0 Å². The zero-order valence-electron chi connectivity index (χ0n) is 14.6. The molecule has 0 radical (unpaired) electrons. The molecule has 5 nitrogen and oxygen atoms in total. The summed E-state index contributed by atoms with van der Waals surface area (Å²) in [7, 11) is -3.89. The molecule has 8 heteroatoms. The van der Waals surface area contributed by atoms with Gasteiger partial charge < -0.3 is 0 Å². The van der Waals surface area contributed by atoms with Crippen molar-refractivity contribution in [1.82, 2.24) is 10.3 Å². The van der Waals surface area contributed by atoms with Gasteiger partial charge in [0.2, 0.25) is 0 Å². The zero-order valence-corrected chi connectivity index (χ0v) is 17.8. The Kier molecular flexibility index (Phi) is 5.81. The highest BCUT2D eigenvalue weighted by molar-refractivity contribution is 9.10. The molecule has 3 rings (SSSR count). The Morgan fingerprint density at radius 2 is 1.74 bits per heavy atom. The van der Waals surface area contributed by atoms with Gasteiger partial charge in [0.05, 0.1) is 4.90 Å². The molecule has 1 amide bonds. The molecule has 0 bridgehead atoms. The monoisotopic (exact) mass is 464 g/mol. The largest absolute Gasteiger partial charge is 0.276 e. The van der Waals surface area contributed by atoms with Crippen LogP contribution in [0.4, 0.5) is 0 Å². The van der Waals surface area contributed by atoms with Crippen LogP contribution in [0.25, 0.3) is 11.1 Å². The number of aryl methyl sites for hydroxylation is 2. The van der Waals surface area contributed by atoms with Gasteiger partial charge in [-0.05, 0) is 48.6 Å². The minimum atomic E-state index is -3.89. The van der Waals surface area contributed by atoms with E-state index in [2.05, 4.69) is 26.2 Å². The van der Waals surface area contributed by atoms with E-state index in [4.69, 9.17) is 0 Å². The second-order valence-electron chi connectivity index (χ2n) is 6.00. The predicted octanol–water partition coefficient (Wildman–Crippen LogP) is 4.42. The summed E-state index contributed by atoms with van der Waals surface area (Å²) in [5, 5.41) is 1.80. The Labute approximate surface area is 170 Å². The molecule has 1 heterocycles. The SMILES string of the molecule is Cc1ccc(-c2ccsc2C(=O)NNS(=O)(=O)c2cc(Br)ccc2C)cc1. The molecule has 0 spiro atoms. The maximum atomic E-state index is 12.6. The van der Waals surface area contributed by atoms with Crippen molar-refractivity contribution in [3.05, 3.63) is 74.4 Å². The fourth-order valence-corrected chi connectivity index (χ4v) is 4.97. The van der Waals surface area contributed by atoms with E-state index in [0.29, 0.717) is 14.9 Å². The van der Waals surface area contributed by atoms with Crippen LogP contribution in [-0.2, 0) is 10.0 Å². The molecule has 27 heavy (non-hydrogen) atoms. The van der Waals surface area contributed by atoms with Crippen molar-refractivity contribution in [2.75, 3.05) is 0 Å². The fraction of sp³-hybridized carbons (Fsp3) is 0.105. The number of nitrogens with one attached hydrogen (secondary N) is 2. The average Bonchev–Trinajstić information content (AvgIpc) is 3.12. The van der Waals surface area contributed by atoms with Gasteiger partial charge in [-0.15, -0.1) is 16.2 Å². The highest BCUT2D eigenvalue weighted by Gasteiger charge is 2.20. The van der Waals surface area contributed by atoms with Gasteiger partial charge in [-0.3, -0.25) is 10.2 Å². The summed E-state index contributed by atoms with van der Waals surface area (Å²) in [4.78, 5) is 15.3. The molecular weight excluding hydrogens is 448 g/mol. The van der Waals surface area contributed by atoms with Crippen molar-refractivity contribution in [3.63, 3.8) is 0 Å². The number of thiophene rings is 1. The van der Waals surface area contributed by atoms with Gasteiger partial charge in [0, 0.05) is 10.0 Å². The van der Waals surface area contributed by atoms with E-state index in [0.717, 1.165) is 16.7 Å². The van der Waals surface area contributed by atoms with Crippen LogP contribution in [0, 0.1) is 13.8 Å². The third kappa shape index (κ3) is 4.47. The lowest BCUT2D eigenvalue weighted by Gasteiger charge is -2.11. The summed E-state index contributed by atoms with van der Waals surface area (Å²) in [6, 6.07) is 14.6. The van der Waals surface area contributed by atoms with Crippen LogP contribution in [0.3, 0.4) is 0 Å². The van der Waals surface area contributed by atoms with Crippen molar-refractivity contribution in [3.8, 4) is 11.1 Å². The van der Waals surface area contributed by atoms with E-state index in [1.807, 2.05) is 37.3 Å². The number of carbonyl (C=O) groups is 1. The number of hydrogen-bond donors (Lipinski definition) is 2. The summed E-state index contributed by atoms with van der Waals surface area (Å²) >= 11 is 4.52. The van der Waals surface area contributed by atoms with Gasteiger partial charge >= 0.3 is 0 Å². The molecule has 1 aromatic heterocycles. The van der Waals surface area contributed by atoms with Crippen LogP contribution in [0.15, 0.2) is 63.3 Å². The van der Waals surface area contributed by atoms with E-state index in [9.17, 15) is 13.2 Å². The van der Waals surface area contributed by atoms with E-state index in [-0.39, 0.29) is 4.90 Å². The fourth-order valence-electron chi connectivity index (χ4n) is 2.53. The van der Waals surface area contributed by atoms with Crippen molar-refractivity contribution < 1.29 is 13.2 Å². The van der Waals surface area contributed by atoms with Gasteiger partial charge in [-0.25, -0.2) is 8.42 Å². The van der Waals surface area contributed by atoms with E-state index in [1.54, 1.807) is 24.4 Å². The van der Waals surface area contributed by atoms with Crippen LogP contribution in [0.2, 0.25) is 0 Å². The summed E-state index contributed by atoms with van der Waals surface area (Å²) in [6.45, 7) is 3.68. The first kappa shape index (κ1) is 19.8. The summed E-state index contributed by atoms with van der Waals surface area (Å²) < 4.78 is 25.7. The average molecular weight is 465 g/mol. The molecule has 0 saturated carbocycles. The van der Waals surface area contributed by atoms with Crippen molar-refractivity contribution in [2.45, 2.75) is 18.7 Å². The second-order valence-corrected chi connectivity index (χ2v) is 9.48. The number of carbonyl (C=O) groups excluding carboxylic acids is 1. The Morgan fingerprint density at radius 3 is 2.44 bits per heavy atom. The molecule has 0 unspecified atom stereocenters. The first-order chi connectivity index (χ1) is 12.8. The number of hydrogen-bond acceptors (Lipinski definition) is 4. The van der Waals surface area contributed by atoms with Crippen molar-refractivity contribution in [1.29, 1.82) is 0 Å². The Morgan fingerprint density at radius 1 is 1.04 bits per heavy atom. The molecule has 2 N–H and O–H groups in total. The molecule has 0 fully saturated rings. The Balaban J connectivity index is 1.80. The van der Waals surface area contributed by atoms with Crippen LogP contribution in [0.1, 0.15) is 20.8 Å². The molecule has 2 aromatic carbocycles. The highest BCUT2D eigenvalue weighted by Crippen LogP contribution is 2.28. The maximum Gasteiger partial charge on any atom is 0.276 e. The smallest absolute Gasteiger partial charge is 0.273 e. The highest BCUT2D eigenvalue weighted by atomic mass is 79.9. The van der Waals surface area contributed by atoms with E-state index >= 15 is 0 Å². The van der Waals surface area contributed by atoms with Gasteiger partial charge in [0.25, 0.3) is 15.9 Å². The van der Waals surface area contributed by atoms with Crippen molar-refractivity contribution >= 4 is 43.2 Å². The normalized spacial score (nSPS) is 11.4. The van der Waals surface area contributed by atoms with E-state index in [1.165, 1.54) is 17.4 Å². The van der Waals surface area contributed by atoms with Gasteiger partial charge in [-0.1, -0.05) is 51.8 Å². The van der Waals surface area contributed by atoms with Gasteiger partial charge in [0.15, 0.2) is 0 Å². The molecule has 140 valence electrons. The first-order valence-electron chi connectivity index (χ1n) is 8.01. The third-order valence-electron chi connectivity index (χ3n) is 3.97. The summed E-state index contributed by atoms with van der Waals surface area (Å²) in [5.74, 6) is -0.503. The molecule has 0 saturated heterocycles. The standard InChI is InChI=1S/C19H17BrN2O3S2/c1-12-3-6-14(7-4-12)16-9-10-26-18(16)19(23)21-22-27(24,25)17-11-15(20)8-5-13(17)2/h3-11,22H,1-2H3,(H,21,23). The van der Waals surface area contributed by atoms with E-state index < -0.39 is 15.9 Å². The van der Waals surface area contributed by atoms with Crippen LogP contribution in [0.5, 0.6) is 0 Å². The van der Waals surface area contributed by atoms with Crippen LogP contribution >= 0.6 is 27.3 Å². The van der Waals surface area contributed by atoms with Gasteiger partial charge in [-0.2, -0.15) is 0 Å².